The van der Waals surface area contributed by atoms with Crippen molar-refractivity contribution >= 4 is 33.3 Å². The SMILES string of the molecule is O=C(NCc1ccc(CNc2cc(-c3ccccc3O)nc3c(Br)cnn23)cc1)C1CCCC1. The van der Waals surface area contributed by atoms with Crippen LogP contribution in [0.3, 0.4) is 0 Å². The molecule has 34 heavy (non-hydrogen) atoms. The molecular weight excluding hydrogens is 494 g/mol. The number of hydrogen-bond donors (Lipinski definition) is 3. The van der Waals surface area contributed by atoms with E-state index >= 15 is 0 Å². The van der Waals surface area contributed by atoms with Crippen molar-refractivity contribution in [1.82, 2.24) is 19.9 Å². The maximum atomic E-state index is 12.3. The molecule has 0 radical (unpaired) electrons. The number of amides is 1. The van der Waals surface area contributed by atoms with E-state index in [4.69, 9.17) is 0 Å². The molecule has 0 aliphatic heterocycles. The summed E-state index contributed by atoms with van der Waals surface area (Å²) in [4.78, 5) is 16.9. The van der Waals surface area contributed by atoms with Crippen molar-refractivity contribution < 1.29 is 9.90 Å². The van der Waals surface area contributed by atoms with Gasteiger partial charge in [0.05, 0.1) is 16.4 Å². The summed E-state index contributed by atoms with van der Waals surface area (Å²) < 4.78 is 2.51. The predicted octanol–water partition coefficient (Wildman–Crippen LogP) is 5.28. The van der Waals surface area contributed by atoms with Gasteiger partial charge in [-0.2, -0.15) is 9.61 Å². The van der Waals surface area contributed by atoms with E-state index in [-0.39, 0.29) is 17.6 Å². The molecule has 2 aromatic carbocycles. The zero-order valence-corrected chi connectivity index (χ0v) is 20.3. The highest BCUT2D eigenvalue weighted by Gasteiger charge is 2.22. The summed E-state index contributed by atoms with van der Waals surface area (Å²) in [6.07, 6.45) is 6.05. The molecule has 2 heterocycles. The molecule has 3 N–H and O–H groups in total. The van der Waals surface area contributed by atoms with E-state index in [2.05, 4.69) is 48.8 Å². The van der Waals surface area contributed by atoms with Gasteiger partial charge in [0.2, 0.25) is 5.91 Å². The number of halogens is 1. The number of carbonyl (C=O) groups excluding carboxylic acids is 1. The van der Waals surface area contributed by atoms with E-state index in [0.29, 0.717) is 30.0 Å². The number of rotatable bonds is 7. The molecular formula is C26H26BrN5O2. The topological polar surface area (TPSA) is 91.5 Å². The number of anilines is 1. The highest BCUT2D eigenvalue weighted by atomic mass is 79.9. The fourth-order valence-corrected chi connectivity index (χ4v) is 4.73. The average Bonchev–Trinajstić information content (AvgIpc) is 3.53. The first kappa shape index (κ1) is 22.4. The van der Waals surface area contributed by atoms with Crippen LogP contribution in [0.1, 0.15) is 36.8 Å². The third-order valence-corrected chi connectivity index (χ3v) is 6.86. The number of nitrogens with zero attached hydrogens (tertiary/aromatic N) is 3. The molecule has 0 spiro atoms. The molecule has 0 bridgehead atoms. The van der Waals surface area contributed by atoms with Gasteiger partial charge in [-0.3, -0.25) is 4.79 Å². The summed E-state index contributed by atoms with van der Waals surface area (Å²) in [5.74, 6) is 1.31. The second-order valence-corrected chi connectivity index (χ2v) is 9.50. The molecule has 0 unspecified atom stereocenters. The average molecular weight is 520 g/mol. The highest BCUT2D eigenvalue weighted by Crippen LogP contribution is 2.31. The molecule has 1 saturated carbocycles. The molecule has 2 aromatic heterocycles. The number of phenols is 1. The smallest absolute Gasteiger partial charge is 0.223 e. The van der Waals surface area contributed by atoms with Crippen LogP contribution in [0.5, 0.6) is 5.75 Å². The molecule has 5 rings (SSSR count). The van der Waals surface area contributed by atoms with Gasteiger partial charge < -0.3 is 15.7 Å². The Kier molecular flexibility index (Phi) is 6.49. The first-order valence-electron chi connectivity index (χ1n) is 11.5. The lowest BCUT2D eigenvalue weighted by Crippen LogP contribution is -2.28. The number of fused-ring (bicyclic) bond motifs is 1. The van der Waals surface area contributed by atoms with Crippen LogP contribution in [0.2, 0.25) is 0 Å². The Bertz CT molecular complexity index is 1310. The van der Waals surface area contributed by atoms with Crippen LogP contribution in [0, 0.1) is 5.92 Å². The summed E-state index contributed by atoms with van der Waals surface area (Å²) >= 11 is 3.51. The van der Waals surface area contributed by atoms with Crippen molar-refractivity contribution in [2.45, 2.75) is 38.8 Å². The van der Waals surface area contributed by atoms with Crippen LogP contribution in [0.15, 0.2) is 65.3 Å². The minimum atomic E-state index is 0.176. The molecule has 0 atom stereocenters. The Morgan fingerprint density at radius 2 is 1.76 bits per heavy atom. The Labute approximate surface area is 206 Å². The Morgan fingerprint density at radius 1 is 1.06 bits per heavy atom. The van der Waals surface area contributed by atoms with Gasteiger partial charge in [0, 0.05) is 30.6 Å². The highest BCUT2D eigenvalue weighted by molar-refractivity contribution is 9.10. The van der Waals surface area contributed by atoms with Crippen LogP contribution in [-0.2, 0) is 17.9 Å². The van der Waals surface area contributed by atoms with E-state index in [0.717, 1.165) is 47.1 Å². The number of aromatic nitrogens is 3. The molecule has 1 fully saturated rings. The number of nitrogens with one attached hydrogen (secondary N) is 2. The fraction of sp³-hybridized carbons (Fsp3) is 0.269. The summed E-state index contributed by atoms with van der Waals surface area (Å²) in [6, 6.07) is 17.2. The van der Waals surface area contributed by atoms with E-state index in [1.807, 2.05) is 30.3 Å². The largest absolute Gasteiger partial charge is 0.507 e. The Morgan fingerprint density at radius 3 is 2.50 bits per heavy atom. The van der Waals surface area contributed by atoms with E-state index in [9.17, 15) is 9.90 Å². The molecule has 174 valence electrons. The fourth-order valence-electron chi connectivity index (χ4n) is 4.38. The van der Waals surface area contributed by atoms with Crippen LogP contribution < -0.4 is 10.6 Å². The van der Waals surface area contributed by atoms with Crippen molar-refractivity contribution in [3.8, 4) is 17.0 Å². The second-order valence-electron chi connectivity index (χ2n) is 8.64. The van der Waals surface area contributed by atoms with E-state index in [1.54, 1.807) is 22.8 Å². The second kappa shape index (κ2) is 9.85. The molecule has 1 aliphatic rings. The molecule has 1 aliphatic carbocycles. The van der Waals surface area contributed by atoms with Gasteiger partial charge in [-0.05, 0) is 52.0 Å². The minimum Gasteiger partial charge on any atom is -0.507 e. The summed E-state index contributed by atoms with van der Waals surface area (Å²) in [5, 5.41) is 21.2. The lowest BCUT2D eigenvalue weighted by atomic mass is 10.1. The predicted molar refractivity (Wildman–Crippen MR) is 135 cm³/mol. The van der Waals surface area contributed by atoms with Crippen molar-refractivity contribution in [3.05, 3.63) is 76.4 Å². The summed E-state index contributed by atoms with van der Waals surface area (Å²) in [7, 11) is 0. The maximum absolute atomic E-state index is 12.3. The third-order valence-electron chi connectivity index (χ3n) is 6.30. The van der Waals surface area contributed by atoms with Gasteiger partial charge in [0.15, 0.2) is 5.65 Å². The van der Waals surface area contributed by atoms with Crippen molar-refractivity contribution in [2.75, 3.05) is 5.32 Å². The van der Waals surface area contributed by atoms with Gasteiger partial charge in [-0.15, -0.1) is 0 Å². The van der Waals surface area contributed by atoms with Crippen LogP contribution in [-0.4, -0.2) is 25.6 Å². The Hall–Kier alpha value is -3.39. The monoisotopic (exact) mass is 519 g/mol. The number of aromatic hydroxyl groups is 1. The first-order chi connectivity index (χ1) is 16.6. The summed E-state index contributed by atoms with van der Waals surface area (Å²) in [6.45, 7) is 1.14. The lowest BCUT2D eigenvalue weighted by Gasteiger charge is -2.13. The van der Waals surface area contributed by atoms with Gasteiger partial charge in [0.1, 0.15) is 11.6 Å². The quantitative estimate of drug-likeness (QED) is 0.308. The van der Waals surface area contributed by atoms with Crippen LogP contribution in [0.4, 0.5) is 5.82 Å². The normalized spacial score (nSPS) is 13.9. The maximum Gasteiger partial charge on any atom is 0.223 e. The number of phenolic OH excluding ortho intramolecular Hbond substituents is 1. The van der Waals surface area contributed by atoms with Crippen molar-refractivity contribution in [2.24, 2.45) is 5.92 Å². The molecule has 0 saturated heterocycles. The number of carbonyl (C=O) groups is 1. The van der Waals surface area contributed by atoms with E-state index in [1.165, 1.54) is 0 Å². The van der Waals surface area contributed by atoms with Gasteiger partial charge in [-0.1, -0.05) is 49.2 Å². The minimum absolute atomic E-state index is 0.176. The number of hydrogen-bond acceptors (Lipinski definition) is 5. The van der Waals surface area contributed by atoms with Gasteiger partial charge >= 0.3 is 0 Å². The van der Waals surface area contributed by atoms with Gasteiger partial charge in [-0.25, -0.2) is 4.98 Å². The third kappa shape index (κ3) is 4.77. The zero-order chi connectivity index (χ0) is 23.5. The van der Waals surface area contributed by atoms with E-state index < -0.39 is 0 Å². The van der Waals surface area contributed by atoms with Crippen molar-refractivity contribution in [3.63, 3.8) is 0 Å². The first-order valence-corrected chi connectivity index (χ1v) is 12.3. The van der Waals surface area contributed by atoms with Crippen LogP contribution in [0.25, 0.3) is 16.9 Å². The van der Waals surface area contributed by atoms with Crippen molar-refractivity contribution in [1.29, 1.82) is 0 Å². The molecule has 4 aromatic rings. The van der Waals surface area contributed by atoms with Gasteiger partial charge in [0.25, 0.3) is 0 Å². The molecule has 7 nitrogen and oxygen atoms in total. The molecule has 1 amide bonds. The van der Waals surface area contributed by atoms with Crippen LogP contribution >= 0.6 is 15.9 Å². The Balaban J connectivity index is 1.29. The number of benzene rings is 2. The summed E-state index contributed by atoms with van der Waals surface area (Å²) in [5.41, 5.74) is 4.16. The number of para-hydroxylation sites is 1. The standard InChI is InChI=1S/C26H26BrN5O2/c27-21-16-30-32-24(13-22(31-25(21)32)20-7-3-4-8-23(20)33)28-14-17-9-11-18(12-10-17)15-29-26(34)19-5-1-2-6-19/h3-4,7-13,16,19,28,33H,1-2,5-6,14-15H2,(H,29,34). The molecule has 8 heteroatoms. The zero-order valence-electron chi connectivity index (χ0n) is 18.7. The lowest BCUT2D eigenvalue weighted by molar-refractivity contribution is -0.124.